The van der Waals surface area contributed by atoms with E-state index in [1.54, 1.807) is 12.1 Å². The van der Waals surface area contributed by atoms with E-state index in [0.29, 0.717) is 17.8 Å². The summed E-state index contributed by atoms with van der Waals surface area (Å²) in [6.07, 6.45) is 0.838. The molecule has 182 valence electrons. The summed E-state index contributed by atoms with van der Waals surface area (Å²) < 4.78 is 21.5. The predicted octanol–water partition coefficient (Wildman–Crippen LogP) is 6.76. The zero-order valence-electron chi connectivity index (χ0n) is 21.0. The second kappa shape index (κ2) is 9.27. The van der Waals surface area contributed by atoms with Gasteiger partial charge in [0.15, 0.2) is 6.10 Å². The van der Waals surface area contributed by atoms with Crippen molar-refractivity contribution in [1.82, 2.24) is 9.55 Å². The van der Waals surface area contributed by atoms with Gasteiger partial charge >= 0.3 is 5.97 Å². The van der Waals surface area contributed by atoms with Gasteiger partial charge in [-0.3, -0.25) is 0 Å². The van der Waals surface area contributed by atoms with Gasteiger partial charge in [0, 0.05) is 34.9 Å². The third kappa shape index (κ3) is 5.13. The van der Waals surface area contributed by atoms with Gasteiger partial charge in [-0.25, -0.2) is 14.2 Å². The van der Waals surface area contributed by atoms with Gasteiger partial charge in [-0.1, -0.05) is 42.0 Å². The Bertz CT molecular complexity index is 1380. The lowest BCUT2D eigenvalue weighted by Crippen LogP contribution is -2.28. The number of rotatable bonds is 6. The topological polar surface area (TPSA) is 64.3 Å². The highest BCUT2D eigenvalue weighted by molar-refractivity contribution is 6.00. The molecular weight excluding hydrogens is 443 g/mol. The van der Waals surface area contributed by atoms with Crippen LogP contribution < -0.4 is 0 Å². The second-order valence-corrected chi connectivity index (χ2v) is 10.1. The number of fused-ring (bicyclic) bond motifs is 1. The van der Waals surface area contributed by atoms with Gasteiger partial charge in [0.25, 0.3) is 0 Å². The molecule has 2 heterocycles. The van der Waals surface area contributed by atoms with Crippen molar-refractivity contribution in [2.75, 3.05) is 0 Å². The largest absolute Gasteiger partial charge is 0.479 e. The van der Waals surface area contributed by atoms with Crippen LogP contribution in [0.1, 0.15) is 54.8 Å². The molecule has 0 bridgehead atoms. The molecule has 2 aromatic heterocycles. The maximum atomic E-state index is 13.4. The van der Waals surface area contributed by atoms with Gasteiger partial charge in [-0.05, 0) is 70.4 Å². The number of halogens is 1. The number of nitrogens with zero attached hydrogens (tertiary/aromatic N) is 2. The number of aliphatic carboxylic acids is 1. The lowest BCUT2D eigenvalue weighted by Gasteiger charge is -2.28. The van der Waals surface area contributed by atoms with E-state index in [1.165, 1.54) is 12.1 Å². The van der Waals surface area contributed by atoms with Crippen LogP contribution in [0.15, 0.2) is 54.7 Å². The van der Waals surface area contributed by atoms with Gasteiger partial charge in [0.05, 0.1) is 5.60 Å². The first-order valence-corrected chi connectivity index (χ1v) is 11.7. The quantitative estimate of drug-likeness (QED) is 0.335. The van der Waals surface area contributed by atoms with Crippen LogP contribution in [0, 0.1) is 26.6 Å². The lowest BCUT2D eigenvalue weighted by molar-refractivity contribution is -0.160. The Kier molecular flexibility index (Phi) is 6.52. The molecule has 2 aromatic carbocycles. The minimum Gasteiger partial charge on any atom is -0.479 e. The minimum atomic E-state index is -1.18. The van der Waals surface area contributed by atoms with Crippen molar-refractivity contribution < 1.29 is 19.0 Å². The van der Waals surface area contributed by atoms with Crippen LogP contribution in [0.4, 0.5) is 4.39 Å². The molecule has 1 atom stereocenters. The lowest BCUT2D eigenvalue weighted by atomic mass is 9.91. The fourth-order valence-electron chi connectivity index (χ4n) is 4.48. The van der Waals surface area contributed by atoms with Crippen molar-refractivity contribution in [2.24, 2.45) is 0 Å². The Morgan fingerprint density at radius 2 is 1.69 bits per heavy atom. The van der Waals surface area contributed by atoms with Gasteiger partial charge in [0.1, 0.15) is 11.5 Å². The summed E-state index contributed by atoms with van der Waals surface area (Å²) in [5.41, 5.74) is 6.02. The Balaban J connectivity index is 2.01. The van der Waals surface area contributed by atoms with Gasteiger partial charge in [-0.2, -0.15) is 0 Å². The molecule has 4 aromatic rings. The zero-order valence-corrected chi connectivity index (χ0v) is 21.0. The number of hydrogen-bond acceptors (Lipinski definition) is 3. The van der Waals surface area contributed by atoms with Crippen LogP contribution >= 0.6 is 0 Å². The number of pyridine rings is 1. The third-order valence-electron chi connectivity index (χ3n) is 5.99. The smallest absolute Gasteiger partial charge is 0.337 e. The number of ether oxygens (including phenoxy) is 1. The maximum Gasteiger partial charge on any atom is 0.337 e. The summed E-state index contributed by atoms with van der Waals surface area (Å²) in [4.78, 5) is 17.4. The predicted molar refractivity (Wildman–Crippen MR) is 136 cm³/mol. The standard InChI is InChI=1S/C29H31FN2O3/c1-17-7-11-21(12-8-17)25-23-18(2)15-32(16-20-9-13-22(30)14-10-20)27(23)31-19(3)24(25)26(28(33)34)35-29(4,5)6/h7-15,26H,16H2,1-6H3,(H,33,34)/t26-/m0/s1. The summed E-state index contributed by atoms with van der Waals surface area (Å²) in [7, 11) is 0. The fraction of sp³-hybridized carbons (Fsp3) is 0.310. The summed E-state index contributed by atoms with van der Waals surface area (Å²) in [6, 6.07) is 14.5. The number of aromatic nitrogens is 2. The van der Waals surface area contributed by atoms with E-state index in [4.69, 9.17) is 9.72 Å². The molecule has 4 rings (SSSR count). The van der Waals surface area contributed by atoms with Crippen molar-refractivity contribution in [3.8, 4) is 11.1 Å². The van der Waals surface area contributed by atoms with Crippen LogP contribution in [-0.4, -0.2) is 26.2 Å². The van der Waals surface area contributed by atoms with Crippen LogP contribution in [0.2, 0.25) is 0 Å². The molecule has 0 unspecified atom stereocenters. The first kappa shape index (κ1) is 24.6. The van der Waals surface area contributed by atoms with Crippen molar-refractivity contribution in [3.63, 3.8) is 0 Å². The molecule has 0 spiro atoms. The molecule has 0 aliphatic heterocycles. The molecule has 0 aliphatic rings. The van der Waals surface area contributed by atoms with Crippen molar-refractivity contribution >= 4 is 17.0 Å². The Hall–Kier alpha value is -3.51. The van der Waals surface area contributed by atoms with E-state index >= 15 is 0 Å². The molecule has 0 saturated carbocycles. The van der Waals surface area contributed by atoms with Crippen LogP contribution in [0.25, 0.3) is 22.2 Å². The highest BCUT2D eigenvalue weighted by Crippen LogP contribution is 2.41. The fourth-order valence-corrected chi connectivity index (χ4v) is 4.48. The average molecular weight is 475 g/mol. The molecule has 0 amide bonds. The number of carbonyl (C=O) groups is 1. The van der Waals surface area contributed by atoms with Crippen molar-refractivity contribution in [2.45, 2.75) is 59.8 Å². The highest BCUT2D eigenvalue weighted by Gasteiger charge is 2.33. The Morgan fingerprint density at radius 3 is 2.26 bits per heavy atom. The first-order valence-electron chi connectivity index (χ1n) is 11.7. The maximum absolute atomic E-state index is 13.4. The summed E-state index contributed by atoms with van der Waals surface area (Å²) in [5, 5.41) is 11.1. The first-order chi connectivity index (χ1) is 16.4. The monoisotopic (exact) mass is 474 g/mol. The Labute approximate surface area is 205 Å². The van der Waals surface area contributed by atoms with Crippen LogP contribution in [-0.2, 0) is 16.1 Å². The van der Waals surface area contributed by atoms with Gasteiger partial charge in [0.2, 0.25) is 0 Å². The van der Waals surface area contributed by atoms with E-state index < -0.39 is 17.7 Å². The number of hydrogen-bond donors (Lipinski definition) is 1. The summed E-state index contributed by atoms with van der Waals surface area (Å²) in [6.45, 7) is 11.9. The normalized spacial score (nSPS) is 12.8. The van der Waals surface area contributed by atoms with Crippen molar-refractivity contribution in [3.05, 3.63) is 88.5 Å². The number of benzene rings is 2. The SMILES string of the molecule is Cc1ccc(-c2c([C@H](OC(C)(C)C)C(=O)O)c(C)nc3c2c(C)cn3Cc2ccc(F)cc2)cc1. The molecular formula is C29H31FN2O3. The van der Waals surface area contributed by atoms with E-state index in [9.17, 15) is 14.3 Å². The number of carboxylic acids is 1. The van der Waals surface area contributed by atoms with E-state index in [0.717, 1.165) is 38.9 Å². The molecule has 35 heavy (non-hydrogen) atoms. The third-order valence-corrected chi connectivity index (χ3v) is 5.99. The van der Waals surface area contributed by atoms with E-state index in [2.05, 4.69) is 0 Å². The van der Waals surface area contributed by atoms with Crippen LogP contribution in [0.3, 0.4) is 0 Å². The average Bonchev–Trinajstić information content (AvgIpc) is 3.07. The highest BCUT2D eigenvalue weighted by atomic mass is 19.1. The molecule has 0 aliphatic carbocycles. The second-order valence-electron chi connectivity index (χ2n) is 10.1. The molecule has 1 N–H and O–H groups in total. The summed E-state index contributed by atoms with van der Waals surface area (Å²) in [5.74, 6) is -1.33. The summed E-state index contributed by atoms with van der Waals surface area (Å²) >= 11 is 0. The number of aryl methyl sites for hydroxylation is 3. The zero-order chi connectivity index (χ0) is 25.5. The number of carboxylic acid groups (broad SMARTS) is 1. The molecule has 6 heteroatoms. The Morgan fingerprint density at radius 1 is 1.06 bits per heavy atom. The molecule has 0 radical (unpaired) electrons. The van der Waals surface area contributed by atoms with Crippen LogP contribution in [0.5, 0.6) is 0 Å². The van der Waals surface area contributed by atoms with Gasteiger partial charge in [-0.15, -0.1) is 0 Å². The molecule has 5 nitrogen and oxygen atoms in total. The van der Waals surface area contributed by atoms with E-state index in [-0.39, 0.29) is 5.82 Å². The van der Waals surface area contributed by atoms with Crippen molar-refractivity contribution in [1.29, 1.82) is 0 Å². The minimum absolute atomic E-state index is 0.277. The molecule has 0 fully saturated rings. The van der Waals surface area contributed by atoms with Gasteiger partial charge < -0.3 is 14.4 Å². The molecule has 0 saturated heterocycles. The van der Waals surface area contributed by atoms with E-state index in [1.807, 2.05) is 76.6 Å².